The first-order valence-electron chi connectivity index (χ1n) is 7.43. The molecule has 1 saturated carbocycles. The van der Waals surface area contributed by atoms with Crippen LogP contribution >= 0.6 is 23.7 Å². The third-order valence-corrected chi connectivity index (χ3v) is 5.06. The fraction of sp³-hybridized carbons (Fsp3) is 0.733. The van der Waals surface area contributed by atoms with Crippen molar-refractivity contribution in [3.05, 3.63) is 16.1 Å². The second-order valence-corrected chi connectivity index (χ2v) is 7.43. The van der Waals surface area contributed by atoms with Crippen LogP contribution in [0.3, 0.4) is 0 Å². The SMILES string of the molecule is CC1(C)CCC(CNC(=O)c2csc(CCN)n2)CC1.Cl. The Hall–Kier alpha value is -0.650. The van der Waals surface area contributed by atoms with Gasteiger partial charge < -0.3 is 11.1 Å². The highest BCUT2D eigenvalue weighted by Crippen LogP contribution is 2.37. The average molecular weight is 332 g/mol. The molecule has 3 N–H and O–H groups in total. The molecule has 0 saturated heterocycles. The van der Waals surface area contributed by atoms with Crippen molar-refractivity contribution in [1.82, 2.24) is 10.3 Å². The van der Waals surface area contributed by atoms with Gasteiger partial charge in [0, 0.05) is 18.3 Å². The molecule has 1 aromatic heterocycles. The molecule has 1 heterocycles. The molecule has 21 heavy (non-hydrogen) atoms. The Balaban J connectivity index is 0.00000220. The van der Waals surface area contributed by atoms with E-state index in [2.05, 4.69) is 24.1 Å². The van der Waals surface area contributed by atoms with E-state index < -0.39 is 0 Å². The minimum atomic E-state index is -0.0469. The van der Waals surface area contributed by atoms with Crippen LogP contribution in [0.5, 0.6) is 0 Å². The molecule has 1 amide bonds. The Morgan fingerprint density at radius 1 is 1.48 bits per heavy atom. The molecule has 0 aromatic carbocycles. The number of carbonyl (C=O) groups is 1. The van der Waals surface area contributed by atoms with E-state index in [4.69, 9.17) is 5.73 Å². The van der Waals surface area contributed by atoms with E-state index in [1.165, 1.54) is 37.0 Å². The van der Waals surface area contributed by atoms with Gasteiger partial charge in [-0.15, -0.1) is 23.7 Å². The normalized spacial score (nSPS) is 18.0. The summed E-state index contributed by atoms with van der Waals surface area (Å²) in [5, 5.41) is 5.79. The van der Waals surface area contributed by atoms with E-state index >= 15 is 0 Å². The van der Waals surface area contributed by atoms with Crippen molar-refractivity contribution < 1.29 is 4.79 Å². The molecule has 0 spiro atoms. The lowest BCUT2D eigenvalue weighted by atomic mass is 9.73. The van der Waals surface area contributed by atoms with E-state index in [1.54, 1.807) is 0 Å². The number of carbonyl (C=O) groups excluding carboxylic acids is 1. The molecule has 4 nitrogen and oxygen atoms in total. The predicted octanol–water partition coefficient (Wildman–Crippen LogP) is 3.01. The molecule has 1 fully saturated rings. The van der Waals surface area contributed by atoms with Gasteiger partial charge in [-0.1, -0.05) is 13.8 Å². The molecular formula is C15H26ClN3OS. The lowest BCUT2D eigenvalue weighted by Crippen LogP contribution is -2.33. The molecule has 6 heteroatoms. The molecule has 0 atom stereocenters. The van der Waals surface area contributed by atoms with Crippen LogP contribution in [-0.2, 0) is 6.42 Å². The molecular weight excluding hydrogens is 306 g/mol. The molecule has 0 bridgehead atoms. The van der Waals surface area contributed by atoms with Crippen molar-refractivity contribution in [2.24, 2.45) is 17.1 Å². The molecule has 1 aliphatic rings. The van der Waals surface area contributed by atoms with E-state index in [0.29, 0.717) is 23.6 Å². The van der Waals surface area contributed by atoms with Crippen molar-refractivity contribution >= 4 is 29.7 Å². The Labute approximate surface area is 137 Å². The van der Waals surface area contributed by atoms with Gasteiger partial charge in [-0.05, 0) is 43.6 Å². The summed E-state index contributed by atoms with van der Waals surface area (Å²) in [4.78, 5) is 16.3. The highest BCUT2D eigenvalue weighted by molar-refractivity contribution is 7.09. The fourth-order valence-electron chi connectivity index (χ4n) is 2.64. The summed E-state index contributed by atoms with van der Waals surface area (Å²) in [7, 11) is 0. The predicted molar refractivity (Wildman–Crippen MR) is 90.2 cm³/mol. The number of hydrogen-bond donors (Lipinski definition) is 2. The zero-order valence-electron chi connectivity index (χ0n) is 12.9. The van der Waals surface area contributed by atoms with Crippen molar-refractivity contribution in [3.63, 3.8) is 0 Å². The Morgan fingerprint density at radius 2 is 2.14 bits per heavy atom. The van der Waals surface area contributed by atoms with Crippen LogP contribution in [0.25, 0.3) is 0 Å². The van der Waals surface area contributed by atoms with E-state index in [9.17, 15) is 4.79 Å². The maximum atomic E-state index is 12.0. The van der Waals surface area contributed by atoms with Crippen molar-refractivity contribution in [2.75, 3.05) is 13.1 Å². The summed E-state index contributed by atoms with van der Waals surface area (Å²) in [6.45, 7) is 6.01. The monoisotopic (exact) mass is 331 g/mol. The third kappa shape index (κ3) is 5.57. The number of nitrogens with two attached hydrogens (primary N) is 1. The smallest absolute Gasteiger partial charge is 0.270 e. The number of thiazole rings is 1. The van der Waals surface area contributed by atoms with Gasteiger partial charge in [0.25, 0.3) is 5.91 Å². The minimum absolute atomic E-state index is 0. The largest absolute Gasteiger partial charge is 0.350 e. The molecule has 0 unspecified atom stereocenters. The van der Waals surface area contributed by atoms with Gasteiger partial charge in [0.05, 0.1) is 5.01 Å². The highest BCUT2D eigenvalue weighted by atomic mass is 35.5. The van der Waals surface area contributed by atoms with Crippen LogP contribution in [0.15, 0.2) is 5.38 Å². The van der Waals surface area contributed by atoms with Crippen LogP contribution in [-0.4, -0.2) is 24.0 Å². The number of rotatable bonds is 5. The lowest BCUT2D eigenvalue weighted by Gasteiger charge is -2.34. The Kier molecular flexibility index (Phi) is 7.10. The standard InChI is InChI=1S/C15H25N3OS.ClH/c1-15(2)6-3-11(4-7-15)9-17-14(19)12-10-20-13(18-12)5-8-16;/h10-11H,3-9,16H2,1-2H3,(H,17,19);1H. The summed E-state index contributed by atoms with van der Waals surface area (Å²) in [6, 6.07) is 0. The zero-order valence-corrected chi connectivity index (χ0v) is 14.5. The lowest BCUT2D eigenvalue weighted by molar-refractivity contribution is 0.0932. The maximum absolute atomic E-state index is 12.0. The second-order valence-electron chi connectivity index (χ2n) is 6.48. The van der Waals surface area contributed by atoms with Gasteiger partial charge in [0.15, 0.2) is 0 Å². The topological polar surface area (TPSA) is 68.0 Å². The van der Waals surface area contributed by atoms with Gasteiger partial charge in [-0.25, -0.2) is 4.98 Å². The van der Waals surface area contributed by atoms with Crippen molar-refractivity contribution in [3.8, 4) is 0 Å². The number of aromatic nitrogens is 1. The maximum Gasteiger partial charge on any atom is 0.270 e. The van der Waals surface area contributed by atoms with Gasteiger partial charge in [0.1, 0.15) is 5.69 Å². The number of nitrogens with zero attached hydrogens (tertiary/aromatic N) is 1. The number of hydrogen-bond acceptors (Lipinski definition) is 4. The molecule has 0 radical (unpaired) electrons. The van der Waals surface area contributed by atoms with Crippen molar-refractivity contribution in [2.45, 2.75) is 46.0 Å². The quantitative estimate of drug-likeness (QED) is 0.871. The van der Waals surface area contributed by atoms with Gasteiger partial charge in [0.2, 0.25) is 0 Å². The Morgan fingerprint density at radius 3 is 2.76 bits per heavy atom. The number of amides is 1. The van der Waals surface area contributed by atoms with Crippen LogP contribution < -0.4 is 11.1 Å². The van der Waals surface area contributed by atoms with E-state index in [0.717, 1.165) is 18.0 Å². The Bertz CT molecular complexity index is 452. The first-order chi connectivity index (χ1) is 9.50. The molecule has 120 valence electrons. The molecule has 1 aliphatic carbocycles. The van der Waals surface area contributed by atoms with Crippen LogP contribution in [0.1, 0.15) is 55.0 Å². The summed E-state index contributed by atoms with van der Waals surface area (Å²) in [5.74, 6) is 0.573. The number of nitrogens with one attached hydrogen (secondary N) is 1. The third-order valence-electron chi connectivity index (χ3n) is 4.15. The van der Waals surface area contributed by atoms with Gasteiger partial charge >= 0.3 is 0 Å². The van der Waals surface area contributed by atoms with Crippen molar-refractivity contribution in [1.29, 1.82) is 0 Å². The molecule has 2 rings (SSSR count). The van der Waals surface area contributed by atoms with Gasteiger partial charge in [-0.3, -0.25) is 4.79 Å². The number of halogens is 1. The summed E-state index contributed by atoms with van der Waals surface area (Å²) in [5.41, 5.74) is 6.51. The molecule has 1 aromatic rings. The van der Waals surface area contributed by atoms with E-state index in [1.807, 2.05) is 5.38 Å². The summed E-state index contributed by atoms with van der Waals surface area (Å²) >= 11 is 1.51. The first-order valence-corrected chi connectivity index (χ1v) is 8.31. The second kappa shape index (κ2) is 8.11. The average Bonchev–Trinajstić information content (AvgIpc) is 2.86. The van der Waals surface area contributed by atoms with E-state index in [-0.39, 0.29) is 18.3 Å². The van der Waals surface area contributed by atoms with Crippen LogP contribution in [0.2, 0.25) is 0 Å². The first kappa shape index (κ1) is 18.4. The fourth-order valence-corrected chi connectivity index (χ4v) is 3.44. The van der Waals surface area contributed by atoms with Gasteiger partial charge in [-0.2, -0.15) is 0 Å². The van der Waals surface area contributed by atoms with Crippen LogP contribution in [0, 0.1) is 11.3 Å². The minimum Gasteiger partial charge on any atom is -0.350 e. The molecule has 0 aliphatic heterocycles. The zero-order chi connectivity index (χ0) is 14.6. The summed E-state index contributed by atoms with van der Waals surface area (Å²) < 4.78 is 0. The highest BCUT2D eigenvalue weighted by Gasteiger charge is 2.27. The summed E-state index contributed by atoms with van der Waals surface area (Å²) in [6.07, 6.45) is 5.68. The van der Waals surface area contributed by atoms with Crippen LogP contribution in [0.4, 0.5) is 0 Å².